The fraction of sp³-hybridized carbons (Fsp3) is 0.250. The fourth-order valence-electron chi connectivity index (χ4n) is 2.42. The van der Waals surface area contributed by atoms with E-state index in [9.17, 15) is 25.2 Å². The van der Waals surface area contributed by atoms with Crippen LogP contribution in [0.3, 0.4) is 0 Å². The Morgan fingerprint density at radius 3 is 2.28 bits per heavy atom. The van der Waals surface area contributed by atoms with E-state index in [2.05, 4.69) is 0 Å². The summed E-state index contributed by atoms with van der Waals surface area (Å²) in [4.78, 5) is 12.5. The summed E-state index contributed by atoms with van der Waals surface area (Å²) in [6.07, 6.45) is 1.04. The minimum atomic E-state index is -1.34. The van der Waals surface area contributed by atoms with Gasteiger partial charge < -0.3 is 20.4 Å². The highest BCUT2D eigenvalue weighted by molar-refractivity contribution is 6.02. The van der Waals surface area contributed by atoms with Gasteiger partial charge in [0.1, 0.15) is 23.4 Å². The highest BCUT2D eigenvalue weighted by Crippen LogP contribution is 2.29. The van der Waals surface area contributed by atoms with Crippen molar-refractivity contribution in [1.29, 1.82) is 0 Å². The normalized spacial score (nSPS) is 11.8. The molecular weight excluding hydrogens is 320 g/mol. The third-order valence-electron chi connectivity index (χ3n) is 3.86. The number of rotatable bonds is 6. The highest BCUT2D eigenvalue weighted by atomic mass is 16.3. The molecule has 0 bridgehead atoms. The average Bonchev–Trinajstić information content (AvgIpc) is 2.55. The Morgan fingerprint density at radius 1 is 1.04 bits per heavy atom. The van der Waals surface area contributed by atoms with E-state index in [4.69, 9.17) is 0 Å². The van der Waals surface area contributed by atoms with Crippen LogP contribution in [0, 0.1) is 0 Å². The van der Waals surface area contributed by atoms with Crippen LogP contribution in [0.5, 0.6) is 17.2 Å². The maximum Gasteiger partial charge on any atom is 0.195 e. The lowest BCUT2D eigenvalue weighted by molar-refractivity contribution is 0.0745. The molecule has 0 aliphatic carbocycles. The Morgan fingerprint density at radius 2 is 1.68 bits per heavy atom. The largest absolute Gasteiger partial charge is 0.508 e. The Balaban J connectivity index is 2.23. The van der Waals surface area contributed by atoms with Crippen LogP contribution in [0.4, 0.5) is 0 Å². The van der Waals surface area contributed by atoms with Crippen molar-refractivity contribution in [2.24, 2.45) is 0 Å². The number of allylic oxidation sites excluding steroid dienone is 2. The van der Waals surface area contributed by atoms with E-state index in [1.807, 2.05) is 19.9 Å². The van der Waals surface area contributed by atoms with Crippen LogP contribution >= 0.6 is 0 Å². The molecule has 2 rings (SSSR count). The van der Waals surface area contributed by atoms with Gasteiger partial charge in [-0.25, -0.2) is 0 Å². The standard InChI is InChI=1S/C20H22O5/c1-12(2)3-6-14-10-16(18(23)11-17(14)22)20(25)19(24)9-13-4-7-15(21)8-5-13/h3-5,7-8,10-11,19,21-24H,6,9H2,1-2H3/t19-/m0/s1. The van der Waals surface area contributed by atoms with Crippen LogP contribution in [0.25, 0.3) is 0 Å². The number of aliphatic hydroxyl groups is 1. The summed E-state index contributed by atoms with van der Waals surface area (Å²) in [6, 6.07) is 8.71. The summed E-state index contributed by atoms with van der Waals surface area (Å²) in [5.41, 5.74) is 2.22. The van der Waals surface area contributed by atoms with Gasteiger partial charge in [-0.2, -0.15) is 0 Å². The van der Waals surface area contributed by atoms with E-state index in [0.717, 1.165) is 11.6 Å². The van der Waals surface area contributed by atoms with E-state index in [-0.39, 0.29) is 29.2 Å². The molecule has 5 heteroatoms. The molecule has 0 amide bonds. The smallest absolute Gasteiger partial charge is 0.195 e. The van der Waals surface area contributed by atoms with Crippen molar-refractivity contribution in [3.63, 3.8) is 0 Å². The van der Waals surface area contributed by atoms with Crippen molar-refractivity contribution < 1.29 is 25.2 Å². The molecule has 0 heterocycles. The third kappa shape index (κ3) is 4.84. The molecule has 4 N–H and O–H groups in total. The minimum absolute atomic E-state index is 0.0266. The number of Topliss-reactive ketones (excluding diaryl/α,β-unsaturated/α-hetero) is 1. The molecule has 0 saturated heterocycles. The lowest BCUT2D eigenvalue weighted by Gasteiger charge is -2.13. The first-order chi connectivity index (χ1) is 11.8. The quantitative estimate of drug-likeness (QED) is 0.478. The number of carbonyl (C=O) groups excluding carboxylic acids is 1. The first kappa shape index (κ1) is 18.5. The van der Waals surface area contributed by atoms with Gasteiger partial charge in [-0.05, 0) is 49.6 Å². The van der Waals surface area contributed by atoms with Gasteiger partial charge in [0.15, 0.2) is 5.78 Å². The van der Waals surface area contributed by atoms with E-state index >= 15 is 0 Å². The third-order valence-corrected chi connectivity index (χ3v) is 3.86. The second kappa shape index (κ2) is 7.85. The van der Waals surface area contributed by atoms with Crippen molar-refractivity contribution in [2.45, 2.75) is 32.8 Å². The number of benzene rings is 2. The summed E-state index contributed by atoms with van der Waals surface area (Å²) in [5, 5.41) is 39.4. The maximum absolute atomic E-state index is 12.5. The zero-order valence-electron chi connectivity index (χ0n) is 14.2. The fourth-order valence-corrected chi connectivity index (χ4v) is 2.42. The molecule has 0 aliphatic rings. The molecule has 25 heavy (non-hydrogen) atoms. The lowest BCUT2D eigenvalue weighted by Crippen LogP contribution is -2.23. The second-order valence-corrected chi connectivity index (χ2v) is 6.23. The number of aliphatic hydroxyl groups excluding tert-OH is 1. The molecule has 2 aromatic rings. The molecule has 0 spiro atoms. The van der Waals surface area contributed by atoms with Crippen molar-refractivity contribution in [1.82, 2.24) is 0 Å². The molecule has 132 valence electrons. The van der Waals surface area contributed by atoms with Crippen molar-refractivity contribution in [3.8, 4) is 17.2 Å². The number of ketones is 1. The number of phenols is 3. The van der Waals surface area contributed by atoms with Crippen LogP contribution in [0.1, 0.15) is 35.3 Å². The minimum Gasteiger partial charge on any atom is -0.508 e. The first-order valence-electron chi connectivity index (χ1n) is 7.96. The van der Waals surface area contributed by atoms with Gasteiger partial charge in [0.2, 0.25) is 0 Å². The molecule has 0 unspecified atom stereocenters. The molecule has 0 fully saturated rings. The van der Waals surface area contributed by atoms with Crippen LogP contribution in [0.2, 0.25) is 0 Å². The average molecular weight is 342 g/mol. The number of hydrogen-bond donors (Lipinski definition) is 4. The SMILES string of the molecule is CC(C)=CCc1cc(C(=O)[C@@H](O)Cc2ccc(O)cc2)c(O)cc1O. The first-order valence-corrected chi connectivity index (χ1v) is 7.96. The van der Waals surface area contributed by atoms with Crippen LogP contribution in [-0.4, -0.2) is 32.3 Å². The molecule has 0 saturated carbocycles. The molecule has 5 nitrogen and oxygen atoms in total. The molecule has 0 radical (unpaired) electrons. The Kier molecular flexibility index (Phi) is 5.83. The van der Waals surface area contributed by atoms with Gasteiger partial charge in [-0.3, -0.25) is 4.79 Å². The Bertz CT molecular complexity index is 786. The van der Waals surface area contributed by atoms with Gasteiger partial charge in [-0.1, -0.05) is 23.8 Å². The van der Waals surface area contributed by atoms with Gasteiger partial charge >= 0.3 is 0 Å². The van der Waals surface area contributed by atoms with Gasteiger partial charge in [0.05, 0.1) is 5.56 Å². The van der Waals surface area contributed by atoms with Gasteiger partial charge in [0.25, 0.3) is 0 Å². The monoisotopic (exact) mass is 342 g/mol. The van der Waals surface area contributed by atoms with Crippen molar-refractivity contribution >= 4 is 5.78 Å². The zero-order chi connectivity index (χ0) is 18.6. The highest BCUT2D eigenvalue weighted by Gasteiger charge is 2.22. The Labute approximate surface area is 146 Å². The van der Waals surface area contributed by atoms with E-state index in [1.165, 1.54) is 18.2 Å². The summed E-state index contributed by atoms with van der Waals surface area (Å²) in [5.74, 6) is -0.985. The van der Waals surface area contributed by atoms with Crippen molar-refractivity contribution in [3.05, 3.63) is 64.7 Å². The van der Waals surface area contributed by atoms with Crippen LogP contribution < -0.4 is 0 Å². The molecule has 0 aliphatic heterocycles. The predicted octanol–water partition coefficient (Wildman–Crippen LogP) is 3.10. The van der Waals surface area contributed by atoms with E-state index in [0.29, 0.717) is 17.5 Å². The molecule has 1 atom stereocenters. The molecule has 0 aromatic heterocycles. The predicted molar refractivity (Wildman–Crippen MR) is 95.1 cm³/mol. The van der Waals surface area contributed by atoms with Gasteiger partial charge in [0, 0.05) is 12.5 Å². The number of hydrogen-bond acceptors (Lipinski definition) is 5. The number of aromatic hydroxyl groups is 3. The van der Waals surface area contributed by atoms with E-state index in [1.54, 1.807) is 12.1 Å². The van der Waals surface area contributed by atoms with Crippen LogP contribution in [-0.2, 0) is 12.8 Å². The summed E-state index contributed by atoms with van der Waals surface area (Å²) >= 11 is 0. The summed E-state index contributed by atoms with van der Waals surface area (Å²) in [7, 11) is 0. The molecule has 2 aromatic carbocycles. The second-order valence-electron chi connectivity index (χ2n) is 6.23. The Hall–Kier alpha value is -2.79. The molecular formula is C20H22O5. The topological polar surface area (TPSA) is 98.0 Å². The van der Waals surface area contributed by atoms with Gasteiger partial charge in [-0.15, -0.1) is 0 Å². The van der Waals surface area contributed by atoms with Crippen molar-refractivity contribution in [2.75, 3.05) is 0 Å². The summed E-state index contributed by atoms with van der Waals surface area (Å²) < 4.78 is 0. The number of carbonyl (C=O) groups is 1. The zero-order valence-corrected chi connectivity index (χ0v) is 14.2. The summed E-state index contributed by atoms with van der Waals surface area (Å²) in [6.45, 7) is 3.84. The van der Waals surface area contributed by atoms with Crippen LogP contribution in [0.15, 0.2) is 48.0 Å². The van der Waals surface area contributed by atoms with E-state index < -0.39 is 11.9 Å². The lowest BCUT2D eigenvalue weighted by atomic mass is 9.96. The number of phenolic OH excluding ortho intramolecular Hbond substituents is 3. The maximum atomic E-state index is 12.5.